The number of carbonyl (C=O) groups excluding carboxylic acids is 1. The van der Waals surface area contributed by atoms with Crippen molar-refractivity contribution in [3.8, 4) is 0 Å². The third kappa shape index (κ3) is 3.15. The molecular weight excluding hydrogens is 196 g/mol. The second-order valence-electron chi connectivity index (χ2n) is 4.20. The number of aliphatic hydroxyl groups excluding tert-OH is 2. The molecule has 1 amide bonds. The average molecular weight is 216 g/mol. The van der Waals surface area contributed by atoms with Crippen molar-refractivity contribution in [2.75, 3.05) is 19.7 Å². The maximum atomic E-state index is 12.0. The third-order valence-electron chi connectivity index (χ3n) is 2.65. The van der Waals surface area contributed by atoms with Crippen LogP contribution in [0.1, 0.15) is 20.3 Å². The summed E-state index contributed by atoms with van der Waals surface area (Å²) in [6.07, 6.45) is 0.0371. The van der Waals surface area contributed by atoms with Crippen LogP contribution in [-0.4, -0.2) is 58.9 Å². The first kappa shape index (κ1) is 12.4. The van der Waals surface area contributed by atoms with Gasteiger partial charge in [0, 0.05) is 19.1 Å². The Bertz CT molecular complexity index is 221. The number of rotatable bonds is 4. The fourth-order valence-electron chi connectivity index (χ4n) is 1.84. The molecule has 1 aliphatic heterocycles. The lowest BCUT2D eigenvalue weighted by molar-refractivity contribution is -0.135. The molecule has 1 rings (SSSR count). The van der Waals surface area contributed by atoms with E-state index in [0.717, 1.165) is 0 Å². The van der Waals surface area contributed by atoms with Crippen LogP contribution in [0.2, 0.25) is 0 Å². The summed E-state index contributed by atoms with van der Waals surface area (Å²) >= 11 is 0. The molecule has 2 unspecified atom stereocenters. The van der Waals surface area contributed by atoms with E-state index < -0.39 is 6.10 Å². The number of hydrogen-bond acceptors (Lipinski definition) is 4. The number of aliphatic hydroxyl groups is 2. The summed E-state index contributed by atoms with van der Waals surface area (Å²) in [4.78, 5) is 13.6. The predicted octanol–water partition coefficient (Wildman–Crippen LogP) is -1.06. The van der Waals surface area contributed by atoms with Gasteiger partial charge in [0.2, 0.25) is 5.91 Å². The molecule has 1 saturated heterocycles. The molecule has 0 aromatic carbocycles. The van der Waals surface area contributed by atoms with Crippen molar-refractivity contribution in [3.05, 3.63) is 0 Å². The van der Waals surface area contributed by atoms with Gasteiger partial charge in [-0.25, -0.2) is 0 Å². The van der Waals surface area contributed by atoms with Gasteiger partial charge in [0.25, 0.3) is 0 Å². The zero-order chi connectivity index (χ0) is 11.4. The quantitative estimate of drug-likeness (QED) is 0.560. The molecule has 5 nitrogen and oxygen atoms in total. The van der Waals surface area contributed by atoms with Crippen molar-refractivity contribution in [3.63, 3.8) is 0 Å². The minimum atomic E-state index is -0.429. The first-order valence-corrected chi connectivity index (χ1v) is 5.39. The lowest BCUT2D eigenvalue weighted by Gasteiger charge is -2.28. The van der Waals surface area contributed by atoms with Crippen LogP contribution in [-0.2, 0) is 4.79 Å². The Hall–Kier alpha value is -0.650. The molecule has 1 fully saturated rings. The van der Waals surface area contributed by atoms with Gasteiger partial charge >= 0.3 is 0 Å². The van der Waals surface area contributed by atoms with Gasteiger partial charge in [-0.05, 0) is 20.3 Å². The summed E-state index contributed by atoms with van der Waals surface area (Å²) in [5.41, 5.74) is 0. The molecule has 15 heavy (non-hydrogen) atoms. The van der Waals surface area contributed by atoms with Gasteiger partial charge in [-0.15, -0.1) is 0 Å². The predicted molar refractivity (Wildman–Crippen MR) is 56.3 cm³/mol. The number of carbonyl (C=O) groups is 1. The Balaban J connectivity index is 2.55. The summed E-state index contributed by atoms with van der Waals surface area (Å²) < 4.78 is 0. The van der Waals surface area contributed by atoms with E-state index in [1.54, 1.807) is 4.90 Å². The van der Waals surface area contributed by atoms with Gasteiger partial charge in [-0.1, -0.05) is 0 Å². The SMILES string of the molecule is CC(C)N(CCO)C(=O)C1CC(O)CN1. The molecule has 0 saturated carbocycles. The molecule has 1 aliphatic rings. The third-order valence-corrected chi connectivity index (χ3v) is 2.65. The summed E-state index contributed by atoms with van der Waals surface area (Å²) in [7, 11) is 0. The van der Waals surface area contributed by atoms with E-state index in [-0.39, 0.29) is 24.6 Å². The van der Waals surface area contributed by atoms with Crippen LogP contribution in [0.5, 0.6) is 0 Å². The van der Waals surface area contributed by atoms with Gasteiger partial charge < -0.3 is 20.4 Å². The lowest BCUT2D eigenvalue weighted by Crippen LogP contribution is -2.47. The van der Waals surface area contributed by atoms with Gasteiger partial charge in [-0.2, -0.15) is 0 Å². The van der Waals surface area contributed by atoms with E-state index in [1.165, 1.54) is 0 Å². The fourth-order valence-corrected chi connectivity index (χ4v) is 1.84. The van der Waals surface area contributed by atoms with E-state index in [4.69, 9.17) is 5.11 Å². The highest BCUT2D eigenvalue weighted by Crippen LogP contribution is 2.11. The Kier molecular flexibility index (Phi) is 4.50. The van der Waals surface area contributed by atoms with Crippen molar-refractivity contribution in [2.45, 2.75) is 38.5 Å². The van der Waals surface area contributed by atoms with E-state index in [0.29, 0.717) is 19.5 Å². The van der Waals surface area contributed by atoms with E-state index in [1.807, 2.05) is 13.8 Å². The second-order valence-corrected chi connectivity index (χ2v) is 4.20. The van der Waals surface area contributed by atoms with Crippen molar-refractivity contribution in [1.82, 2.24) is 10.2 Å². The molecule has 0 radical (unpaired) electrons. The van der Waals surface area contributed by atoms with Gasteiger partial charge in [0.1, 0.15) is 0 Å². The number of nitrogens with one attached hydrogen (secondary N) is 1. The highest BCUT2D eigenvalue weighted by Gasteiger charge is 2.31. The van der Waals surface area contributed by atoms with E-state index in [2.05, 4.69) is 5.32 Å². The van der Waals surface area contributed by atoms with Crippen LogP contribution in [0, 0.1) is 0 Å². The topological polar surface area (TPSA) is 72.8 Å². The minimum Gasteiger partial charge on any atom is -0.395 e. The molecule has 0 aliphatic carbocycles. The minimum absolute atomic E-state index is 0.0286. The van der Waals surface area contributed by atoms with Gasteiger partial charge in [-0.3, -0.25) is 4.79 Å². The Morgan fingerprint density at radius 2 is 2.27 bits per heavy atom. The second kappa shape index (κ2) is 5.44. The standard InChI is InChI=1S/C10H20N2O3/c1-7(2)12(3-4-13)10(15)9-5-8(14)6-11-9/h7-9,11,13-14H,3-6H2,1-2H3. The molecule has 2 atom stereocenters. The smallest absolute Gasteiger partial charge is 0.240 e. The number of amides is 1. The summed E-state index contributed by atoms with van der Waals surface area (Å²) in [5, 5.41) is 21.2. The maximum absolute atomic E-state index is 12.0. The Labute approximate surface area is 90.1 Å². The lowest BCUT2D eigenvalue weighted by atomic mass is 10.1. The Morgan fingerprint density at radius 1 is 1.60 bits per heavy atom. The van der Waals surface area contributed by atoms with Crippen molar-refractivity contribution < 1.29 is 15.0 Å². The van der Waals surface area contributed by atoms with Crippen molar-refractivity contribution in [2.24, 2.45) is 0 Å². The first-order chi connectivity index (χ1) is 7.06. The molecule has 0 aromatic rings. The normalized spacial score (nSPS) is 25.9. The van der Waals surface area contributed by atoms with Crippen LogP contribution in [0.4, 0.5) is 0 Å². The number of β-amino-alcohol motifs (C(OH)–C–C–N with tert-alkyl or cyclic N) is 1. The molecule has 88 valence electrons. The molecule has 3 N–H and O–H groups in total. The largest absolute Gasteiger partial charge is 0.395 e. The molecule has 0 aromatic heterocycles. The highest BCUT2D eigenvalue weighted by atomic mass is 16.3. The maximum Gasteiger partial charge on any atom is 0.240 e. The molecular formula is C10H20N2O3. The van der Waals surface area contributed by atoms with Crippen LogP contribution in [0.3, 0.4) is 0 Å². The highest BCUT2D eigenvalue weighted by molar-refractivity contribution is 5.82. The zero-order valence-corrected chi connectivity index (χ0v) is 9.31. The Morgan fingerprint density at radius 3 is 2.67 bits per heavy atom. The fraction of sp³-hybridized carbons (Fsp3) is 0.900. The number of nitrogens with zero attached hydrogens (tertiary/aromatic N) is 1. The van der Waals surface area contributed by atoms with Crippen LogP contribution in [0.15, 0.2) is 0 Å². The number of hydrogen-bond donors (Lipinski definition) is 3. The van der Waals surface area contributed by atoms with Gasteiger partial charge in [0.05, 0.1) is 18.8 Å². The molecule has 5 heteroatoms. The summed E-state index contributed by atoms with van der Waals surface area (Å²) in [6, 6.07) is -0.224. The van der Waals surface area contributed by atoms with Crippen molar-refractivity contribution in [1.29, 1.82) is 0 Å². The van der Waals surface area contributed by atoms with Crippen LogP contribution in [0.25, 0.3) is 0 Å². The summed E-state index contributed by atoms with van der Waals surface area (Å²) in [5.74, 6) is -0.0319. The zero-order valence-electron chi connectivity index (χ0n) is 9.31. The summed E-state index contributed by atoms with van der Waals surface area (Å²) in [6.45, 7) is 4.63. The molecule has 0 bridgehead atoms. The average Bonchev–Trinajstić information content (AvgIpc) is 2.59. The van der Waals surface area contributed by atoms with Crippen molar-refractivity contribution >= 4 is 5.91 Å². The van der Waals surface area contributed by atoms with Crippen LogP contribution < -0.4 is 5.32 Å². The van der Waals surface area contributed by atoms with Crippen LogP contribution >= 0.6 is 0 Å². The molecule has 0 spiro atoms. The monoisotopic (exact) mass is 216 g/mol. The van der Waals surface area contributed by atoms with E-state index in [9.17, 15) is 9.90 Å². The first-order valence-electron chi connectivity index (χ1n) is 5.39. The molecule has 1 heterocycles. The van der Waals surface area contributed by atoms with E-state index >= 15 is 0 Å². The van der Waals surface area contributed by atoms with Gasteiger partial charge in [0.15, 0.2) is 0 Å².